The van der Waals surface area contributed by atoms with E-state index in [9.17, 15) is 10.2 Å². The molecule has 0 amide bonds. The Balaban J connectivity index is 1.86. The first-order valence-electron chi connectivity index (χ1n) is 7.85. The largest absolute Gasteiger partial charge is 0.508 e. The van der Waals surface area contributed by atoms with Gasteiger partial charge in [0.25, 0.3) is 0 Å². The standard InChI is InChI=1S/C19H19N3O3/c1-11(21-14-4-3-12(10-20)18(9-14)25-2)16-8-13-7-15(23)5-6-17(13)22-19(16)24/h3-9,11,19,21-24H,1-2H3/t11-,19?/m0/s1. The molecule has 128 valence electrons. The number of hydrogen-bond donors (Lipinski definition) is 4. The predicted molar refractivity (Wildman–Crippen MR) is 96.5 cm³/mol. The zero-order valence-electron chi connectivity index (χ0n) is 13.9. The predicted octanol–water partition coefficient (Wildman–Crippen LogP) is 2.90. The van der Waals surface area contributed by atoms with E-state index in [-0.39, 0.29) is 11.8 Å². The molecule has 2 aromatic rings. The van der Waals surface area contributed by atoms with Crippen molar-refractivity contribution in [1.82, 2.24) is 0 Å². The van der Waals surface area contributed by atoms with Crippen molar-refractivity contribution in [2.24, 2.45) is 0 Å². The smallest absolute Gasteiger partial charge is 0.149 e. The maximum absolute atomic E-state index is 10.4. The number of aromatic hydroxyl groups is 1. The van der Waals surface area contributed by atoms with Gasteiger partial charge in [0.15, 0.2) is 0 Å². The normalized spacial score (nSPS) is 16.7. The van der Waals surface area contributed by atoms with Crippen molar-refractivity contribution >= 4 is 17.5 Å². The monoisotopic (exact) mass is 337 g/mol. The van der Waals surface area contributed by atoms with Crippen LogP contribution in [-0.2, 0) is 0 Å². The average molecular weight is 337 g/mol. The van der Waals surface area contributed by atoms with Crippen LogP contribution in [0.25, 0.3) is 6.08 Å². The molecule has 25 heavy (non-hydrogen) atoms. The molecule has 0 saturated heterocycles. The molecule has 0 fully saturated rings. The molecule has 6 heteroatoms. The van der Waals surface area contributed by atoms with Gasteiger partial charge in [-0.1, -0.05) is 0 Å². The second kappa shape index (κ2) is 6.75. The van der Waals surface area contributed by atoms with Crippen LogP contribution in [0.4, 0.5) is 11.4 Å². The van der Waals surface area contributed by atoms with Crippen LogP contribution in [-0.4, -0.2) is 29.6 Å². The lowest BCUT2D eigenvalue weighted by Gasteiger charge is -2.29. The fourth-order valence-corrected chi connectivity index (χ4v) is 2.86. The molecular formula is C19H19N3O3. The average Bonchev–Trinajstić information content (AvgIpc) is 2.61. The molecule has 0 saturated carbocycles. The van der Waals surface area contributed by atoms with Gasteiger partial charge in [-0.25, -0.2) is 0 Å². The van der Waals surface area contributed by atoms with Gasteiger partial charge in [0.2, 0.25) is 0 Å². The minimum absolute atomic E-state index is 0.171. The Labute approximate surface area is 146 Å². The van der Waals surface area contributed by atoms with E-state index in [0.29, 0.717) is 11.3 Å². The number of benzene rings is 2. The van der Waals surface area contributed by atoms with Gasteiger partial charge in [0, 0.05) is 34.6 Å². The summed E-state index contributed by atoms with van der Waals surface area (Å²) in [6.45, 7) is 1.93. The molecule has 0 bridgehead atoms. The van der Waals surface area contributed by atoms with Gasteiger partial charge in [0.05, 0.1) is 12.7 Å². The van der Waals surface area contributed by atoms with Crippen molar-refractivity contribution in [3.05, 3.63) is 53.1 Å². The Morgan fingerprint density at radius 3 is 2.80 bits per heavy atom. The lowest BCUT2D eigenvalue weighted by molar-refractivity contribution is 0.234. The van der Waals surface area contributed by atoms with E-state index in [1.165, 1.54) is 7.11 Å². The van der Waals surface area contributed by atoms with E-state index in [1.54, 1.807) is 36.4 Å². The second-order valence-corrected chi connectivity index (χ2v) is 5.86. The first kappa shape index (κ1) is 16.7. The number of rotatable bonds is 4. The fourth-order valence-electron chi connectivity index (χ4n) is 2.86. The Morgan fingerprint density at radius 2 is 2.08 bits per heavy atom. The van der Waals surface area contributed by atoms with Crippen LogP contribution in [0.2, 0.25) is 0 Å². The first-order valence-corrected chi connectivity index (χ1v) is 7.85. The number of nitrogens with one attached hydrogen (secondary N) is 2. The van der Waals surface area contributed by atoms with Crippen LogP contribution in [0.15, 0.2) is 42.0 Å². The summed E-state index contributed by atoms with van der Waals surface area (Å²) in [5.74, 6) is 0.663. The minimum atomic E-state index is -0.833. The number of aliphatic hydroxyl groups is 1. The van der Waals surface area contributed by atoms with E-state index < -0.39 is 6.23 Å². The summed E-state index contributed by atoms with van der Waals surface area (Å²) < 4.78 is 5.22. The van der Waals surface area contributed by atoms with Crippen molar-refractivity contribution < 1.29 is 14.9 Å². The fraction of sp³-hybridized carbons (Fsp3) is 0.211. The van der Waals surface area contributed by atoms with E-state index in [1.807, 2.05) is 13.0 Å². The number of ether oxygens (including phenoxy) is 1. The van der Waals surface area contributed by atoms with Gasteiger partial charge >= 0.3 is 0 Å². The van der Waals surface area contributed by atoms with Gasteiger partial charge in [0.1, 0.15) is 23.8 Å². The van der Waals surface area contributed by atoms with Gasteiger partial charge < -0.3 is 25.6 Å². The summed E-state index contributed by atoms with van der Waals surface area (Å²) in [7, 11) is 1.52. The van der Waals surface area contributed by atoms with Crippen molar-refractivity contribution in [3.8, 4) is 17.6 Å². The quantitative estimate of drug-likeness (QED) is 0.641. The van der Waals surface area contributed by atoms with Crippen LogP contribution in [0, 0.1) is 11.3 Å². The number of anilines is 2. The SMILES string of the molecule is COc1cc(N[C@@H](C)C2=Cc3cc(O)ccc3NC2O)ccc1C#N. The third kappa shape index (κ3) is 3.37. The zero-order valence-corrected chi connectivity index (χ0v) is 13.9. The molecule has 1 aliphatic rings. The molecule has 1 aliphatic heterocycles. The van der Waals surface area contributed by atoms with E-state index >= 15 is 0 Å². The maximum Gasteiger partial charge on any atom is 0.149 e. The topological polar surface area (TPSA) is 97.5 Å². The first-order chi connectivity index (χ1) is 12.0. The molecule has 1 unspecified atom stereocenters. The molecule has 1 heterocycles. The van der Waals surface area contributed by atoms with Crippen molar-refractivity contribution in [2.45, 2.75) is 19.2 Å². The Bertz CT molecular complexity index is 871. The van der Waals surface area contributed by atoms with Crippen LogP contribution >= 0.6 is 0 Å². The van der Waals surface area contributed by atoms with Crippen LogP contribution in [0.1, 0.15) is 18.1 Å². The molecule has 2 atom stereocenters. The Hall–Kier alpha value is -3.17. The summed E-state index contributed by atoms with van der Waals surface area (Å²) in [5, 5.41) is 35.4. The van der Waals surface area contributed by atoms with E-state index in [2.05, 4.69) is 16.7 Å². The van der Waals surface area contributed by atoms with Crippen LogP contribution in [0.5, 0.6) is 11.5 Å². The van der Waals surface area contributed by atoms with Gasteiger partial charge in [-0.3, -0.25) is 0 Å². The van der Waals surface area contributed by atoms with E-state index in [4.69, 9.17) is 10.00 Å². The number of nitriles is 1. The van der Waals surface area contributed by atoms with Crippen LogP contribution in [0.3, 0.4) is 0 Å². The highest BCUT2D eigenvalue weighted by Crippen LogP contribution is 2.31. The molecule has 2 aromatic carbocycles. The zero-order chi connectivity index (χ0) is 18.0. The van der Waals surface area contributed by atoms with Crippen molar-refractivity contribution in [3.63, 3.8) is 0 Å². The Morgan fingerprint density at radius 1 is 1.28 bits per heavy atom. The lowest BCUT2D eigenvalue weighted by Crippen LogP contribution is -2.33. The van der Waals surface area contributed by atoms with Gasteiger partial charge in [-0.05, 0) is 43.3 Å². The maximum atomic E-state index is 10.4. The number of hydrogen-bond acceptors (Lipinski definition) is 6. The number of fused-ring (bicyclic) bond motifs is 1. The molecule has 0 radical (unpaired) electrons. The van der Waals surface area contributed by atoms with Gasteiger partial charge in [-0.2, -0.15) is 5.26 Å². The molecular weight excluding hydrogens is 318 g/mol. The molecule has 6 nitrogen and oxygen atoms in total. The van der Waals surface area contributed by atoms with Gasteiger partial charge in [-0.15, -0.1) is 0 Å². The molecule has 0 aromatic heterocycles. The summed E-state index contributed by atoms with van der Waals surface area (Å²) >= 11 is 0. The Kier molecular flexibility index (Phi) is 4.50. The summed E-state index contributed by atoms with van der Waals surface area (Å²) in [6, 6.07) is 12.1. The number of nitrogens with zero attached hydrogens (tertiary/aromatic N) is 1. The minimum Gasteiger partial charge on any atom is -0.508 e. The lowest BCUT2D eigenvalue weighted by atomic mass is 9.97. The summed E-state index contributed by atoms with van der Waals surface area (Å²) in [4.78, 5) is 0. The molecule has 4 N–H and O–H groups in total. The van der Waals surface area contributed by atoms with Crippen molar-refractivity contribution in [1.29, 1.82) is 5.26 Å². The second-order valence-electron chi connectivity index (χ2n) is 5.86. The highest BCUT2D eigenvalue weighted by molar-refractivity contribution is 5.75. The summed E-state index contributed by atoms with van der Waals surface area (Å²) in [6.07, 6.45) is 1.02. The van der Waals surface area contributed by atoms with Crippen LogP contribution < -0.4 is 15.4 Å². The highest BCUT2D eigenvalue weighted by atomic mass is 16.5. The third-order valence-corrected chi connectivity index (χ3v) is 4.17. The molecule has 0 spiro atoms. The summed E-state index contributed by atoms with van der Waals surface area (Å²) in [5.41, 5.74) is 3.55. The third-order valence-electron chi connectivity index (χ3n) is 4.17. The highest BCUT2D eigenvalue weighted by Gasteiger charge is 2.23. The molecule has 0 aliphatic carbocycles. The number of aliphatic hydroxyl groups excluding tert-OH is 1. The number of methoxy groups -OCH3 is 1. The molecule has 3 rings (SSSR count). The number of phenols is 1. The van der Waals surface area contributed by atoms with Crippen molar-refractivity contribution in [2.75, 3.05) is 17.7 Å². The number of phenolic OH excluding ortho intramolecular Hbond substituents is 1. The van der Waals surface area contributed by atoms with E-state index in [0.717, 1.165) is 22.5 Å².